The first-order valence-electron chi connectivity index (χ1n) is 5.65. The van der Waals surface area contributed by atoms with Crippen LogP contribution in [-0.4, -0.2) is 42.5 Å². The van der Waals surface area contributed by atoms with Gasteiger partial charge in [0.15, 0.2) is 11.5 Å². The lowest BCUT2D eigenvalue weighted by Crippen LogP contribution is -2.34. The molecule has 2 N–H and O–H groups in total. The molecule has 0 amide bonds. The molecular formula is C12H12F2O7S. The fourth-order valence-electron chi connectivity index (χ4n) is 1.14. The second-order valence-corrected chi connectivity index (χ2v) is 5.61. The zero-order chi connectivity index (χ0) is 17.0. The smallest absolute Gasteiger partial charge is 0.392 e. The number of carbonyl (C=O) groups excluding carboxylic acids is 1. The topological polar surface area (TPSA) is 110 Å². The average molecular weight is 338 g/mol. The van der Waals surface area contributed by atoms with Crippen molar-refractivity contribution >= 4 is 16.1 Å². The third-order valence-electron chi connectivity index (χ3n) is 2.28. The number of phenolic OH excluding ortho intramolecular Hbond substituents is 1. The van der Waals surface area contributed by atoms with Gasteiger partial charge in [0, 0.05) is 0 Å². The van der Waals surface area contributed by atoms with Crippen molar-refractivity contribution in [2.75, 3.05) is 13.2 Å². The van der Waals surface area contributed by atoms with Gasteiger partial charge in [-0.05, 0) is 12.1 Å². The molecule has 0 aromatic heterocycles. The first kappa shape index (κ1) is 18.0. The van der Waals surface area contributed by atoms with Gasteiger partial charge in [-0.1, -0.05) is 18.7 Å². The Kier molecular flexibility index (Phi) is 5.58. The molecule has 0 saturated heterocycles. The molecule has 0 atom stereocenters. The summed E-state index contributed by atoms with van der Waals surface area (Å²) in [5, 5.41) is 4.88. The van der Waals surface area contributed by atoms with Crippen LogP contribution in [0.1, 0.15) is 0 Å². The predicted molar refractivity (Wildman–Crippen MR) is 70.2 cm³/mol. The van der Waals surface area contributed by atoms with Crippen LogP contribution in [0.5, 0.6) is 11.5 Å². The van der Waals surface area contributed by atoms with Crippen LogP contribution in [-0.2, 0) is 19.6 Å². The van der Waals surface area contributed by atoms with Crippen molar-refractivity contribution in [2.45, 2.75) is 5.25 Å². The summed E-state index contributed by atoms with van der Waals surface area (Å²) in [6, 6.07) is 5.51. The van der Waals surface area contributed by atoms with Crippen molar-refractivity contribution in [1.29, 1.82) is 0 Å². The Hall–Kier alpha value is -2.04. The molecule has 0 aliphatic heterocycles. The molecule has 7 nitrogen and oxygen atoms in total. The van der Waals surface area contributed by atoms with Gasteiger partial charge in [0.2, 0.25) is 0 Å². The molecule has 1 aromatic carbocycles. The maximum Gasteiger partial charge on any atom is 0.392 e. The summed E-state index contributed by atoms with van der Waals surface area (Å²) in [5.41, 5.74) is -0.394. The quantitative estimate of drug-likeness (QED) is 0.334. The third-order valence-corrected chi connectivity index (χ3v) is 3.15. The summed E-state index contributed by atoms with van der Waals surface area (Å²) in [6.07, 6.45) is 0. The molecule has 122 valence electrons. The minimum Gasteiger partial charge on any atom is -0.504 e. The largest absolute Gasteiger partial charge is 0.504 e. The van der Waals surface area contributed by atoms with E-state index in [9.17, 15) is 27.1 Å². The summed E-state index contributed by atoms with van der Waals surface area (Å²) in [7, 11) is -5.61. The number of benzene rings is 1. The van der Waals surface area contributed by atoms with E-state index in [-0.39, 0.29) is 11.5 Å². The average Bonchev–Trinajstić information content (AvgIpc) is 2.39. The number of rotatable bonds is 7. The van der Waals surface area contributed by atoms with Gasteiger partial charge in [-0.25, -0.2) is 4.79 Å². The Morgan fingerprint density at radius 1 is 1.32 bits per heavy atom. The number of halogens is 2. The van der Waals surface area contributed by atoms with Crippen molar-refractivity contribution in [3.05, 3.63) is 36.4 Å². The SMILES string of the molecule is C=C(COCC(F)(F)S(=O)(=O)O)C(=O)Oc1ccccc1O. The molecule has 0 fully saturated rings. The minimum absolute atomic E-state index is 0.170. The molecule has 0 saturated carbocycles. The number of aromatic hydroxyl groups is 1. The van der Waals surface area contributed by atoms with E-state index in [2.05, 4.69) is 11.3 Å². The first-order chi connectivity index (χ1) is 10.0. The maximum atomic E-state index is 12.8. The van der Waals surface area contributed by atoms with Crippen LogP contribution in [0.2, 0.25) is 0 Å². The Bertz CT molecular complexity index is 670. The fourth-order valence-corrected chi connectivity index (χ4v) is 1.37. The second kappa shape index (κ2) is 6.81. The van der Waals surface area contributed by atoms with Crippen molar-refractivity contribution in [3.8, 4) is 11.5 Å². The standard InChI is InChI=1S/C12H12F2O7S/c1-8(6-20-7-12(13,14)22(17,18)19)11(16)21-10-5-3-2-4-9(10)15/h2-5,15H,1,6-7H2,(H,17,18,19). The van der Waals surface area contributed by atoms with Crippen molar-refractivity contribution in [1.82, 2.24) is 0 Å². The minimum atomic E-state index is -5.61. The third kappa shape index (κ3) is 4.76. The van der Waals surface area contributed by atoms with Crippen LogP contribution in [0.25, 0.3) is 0 Å². The van der Waals surface area contributed by atoms with Crippen LogP contribution < -0.4 is 4.74 Å². The highest BCUT2D eigenvalue weighted by Crippen LogP contribution is 2.25. The number of para-hydroxylation sites is 2. The van der Waals surface area contributed by atoms with Crippen LogP contribution in [0, 0.1) is 0 Å². The Labute approximate surface area is 124 Å². The van der Waals surface area contributed by atoms with Gasteiger partial charge < -0.3 is 14.6 Å². The number of ether oxygens (including phenoxy) is 2. The monoisotopic (exact) mass is 338 g/mol. The highest BCUT2D eigenvalue weighted by Gasteiger charge is 2.44. The molecule has 1 aromatic rings. The van der Waals surface area contributed by atoms with E-state index in [1.165, 1.54) is 24.3 Å². The van der Waals surface area contributed by atoms with Crippen LogP contribution >= 0.6 is 0 Å². The molecule has 0 aliphatic rings. The van der Waals surface area contributed by atoms with Gasteiger partial charge in [-0.2, -0.15) is 17.2 Å². The molecule has 0 heterocycles. The summed E-state index contributed by atoms with van der Waals surface area (Å²) < 4.78 is 63.6. The van der Waals surface area contributed by atoms with Gasteiger partial charge >= 0.3 is 21.3 Å². The number of esters is 1. The molecule has 22 heavy (non-hydrogen) atoms. The summed E-state index contributed by atoms with van der Waals surface area (Å²) in [5.74, 6) is -1.55. The van der Waals surface area contributed by atoms with Gasteiger partial charge in [0.05, 0.1) is 12.2 Å². The Balaban J connectivity index is 2.53. The zero-order valence-corrected chi connectivity index (χ0v) is 11.8. The number of carbonyl (C=O) groups is 1. The summed E-state index contributed by atoms with van der Waals surface area (Å²) >= 11 is 0. The van der Waals surface area contributed by atoms with Crippen LogP contribution in [0.15, 0.2) is 36.4 Å². The molecule has 1 rings (SSSR count). The second-order valence-electron chi connectivity index (χ2n) is 4.07. The zero-order valence-electron chi connectivity index (χ0n) is 11.0. The molecule has 0 radical (unpaired) electrons. The first-order valence-corrected chi connectivity index (χ1v) is 7.09. The lowest BCUT2D eigenvalue weighted by atomic mass is 10.3. The fraction of sp³-hybridized carbons (Fsp3) is 0.250. The highest BCUT2D eigenvalue weighted by atomic mass is 32.2. The van der Waals surface area contributed by atoms with Crippen LogP contribution in [0.3, 0.4) is 0 Å². The number of hydrogen-bond donors (Lipinski definition) is 2. The molecule has 0 unspecified atom stereocenters. The molecule has 0 bridgehead atoms. The summed E-state index contributed by atoms with van der Waals surface area (Å²) in [6.45, 7) is 0.814. The summed E-state index contributed by atoms with van der Waals surface area (Å²) in [4.78, 5) is 11.5. The number of phenols is 1. The van der Waals surface area contributed by atoms with E-state index in [0.29, 0.717) is 0 Å². The van der Waals surface area contributed by atoms with E-state index < -0.39 is 40.1 Å². The molecule has 0 spiro atoms. The number of hydrogen-bond acceptors (Lipinski definition) is 6. The van der Waals surface area contributed by atoms with Crippen molar-refractivity contribution in [3.63, 3.8) is 0 Å². The van der Waals surface area contributed by atoms with E-state index in [1.807, 2.05) is 0 Å². The van der Waals surface area contributed by atoms with Crippen molar-refractivity contribution in [2.24, 2.45) is 0 Å². The van der Waals surface area contributed by atoms with Gasteiger partial charge in [-0.3, -0.25) is 4.55 Å². The van der Waals surface area contributed by atoms with Gasteiger partial charge in [0.25, 0.3) is 0 Å². The number of alkyl halides is 2. The Morgan fingerprint density at radius 3 is 2.45 bits per heavy atom. The van der Waals surface area contributed by atoms with E-state index in [1.54, 1.807) is 0 Å². The van der Waals surface area contributed by atoms with E-state index >= 15 is 0 Å². The Morgan fingerprint density at radius 2 is 1.91 bits per heavy atom. The maximum absolute atomic E-state index is 12.8. The van der Waals surface area contributed by atoms with Gasteiger partial charge in [0.1, 0.15) is 6.61 Å². The van der Waals surface area contributed by atoms with Crippen LogP contribution in [0.4, 0.5) is 8.78 Å². The highest BCUT2D eigenvalue weighted by molar-refractivity contribution is 7.86. The lowest BCUT2D eigenvalue weighted by Gasteiger charge is -2.13. The molecular weight excluding hydrogens is 326 g/mol. The lowest BCUT2D eigenvalue weighted by molar-refractivity contribution is -0.131. The van der Waals surface area contributed by atoms with E-state index in [0.717, 1.165) is 0 Å². The predicted octanol–water partition coefficient (Wildman–Crippen LogP) is 1.35. The molecule has 0 aliphatic carbocycles. The normalized spacial score (nSPS) is 12.0. The molecule has 10 heteroatoms. The van der Waals surface area contributed by atoms with Gasteiger partial charge in [-0.15, -0.1) is 0 Å². The van der Waals surface area contributed by atoms with Crippen molar-refractivity contribution < 1.29 is 41.1 Å². The van der Waals surface area contributed by atoms with E-state index in [4.69, 9.17) is 9.29 Å².